The lowest BCUT2D eigenvalue weighted by Gasteiger charge is -2.26. The van der Waals surface area contributed by atoms with Crippen LogP contribution in [-0.4, -0.2) is 72.7 Å². The van der Waals surface area contributed by atoms with Crippen molar-refractivity contribution in [2.75, 3.05) is 45.7 Å². The number of methoxy groups -OCH3 is 1. The fourth-order valence-electron chi connectivity index (χ4n) is 3.44. The summed E-state index contributed by atoms with van der Waals surface area (Å²) >= 11 is 0. The van der Waals surface area contributed by atoms with Crippen LogP contribution in [0.3, 0.4) is 0 Å². The topological polar surface area (TPSA) is 99.3 Å². The third-order valence-electron chi connectivity index (χ3n) is 4.54. The van der Waals surface area contributed by atoms with E-state index in [1.165, 1.54) is 25.3 Å². The van der Waals surface area contributed by atoms with Crippen molar-refractivity contribution in [2.24, 2.45) is 0 Å². The second kappa shape index (κ2) is 7.16. The van der Waals surface area contributed by atoms with Gasteiger partial charge in [-0.1, -0.05) is 5.16 Å². The number of hydrogen-bond donors (Lipinski definition) is 2. The molecule has 0 radical (unpaired) electrons. The number of aliphatic hydroxyl groups is 1. The summed E-state index contributed by atoms with van der Waals surface area (Å²) in [5.41, 5.74) is -0.748. The number of ether oxygens (including phenoxy) is 1. The molecule has 0 spiro atoms. The van der Waals surface area contributed by atoms with Crippen molar-refractivity contribution in [3.05, 3.63) is 29.6 Å². The SMILES string of the molecule is COc1cc(-c2onc(N3CCC(O)(CN(C)C)C3)c2C(=O)O)ccc1F. The number of rotatable bonds is 6. The number of aromatic carboxylic acids is 1. The van der Waals surface area contributed by atoms with E-state index in [0.29, 0.717) is 25.1 Å². The second-order valence-electron chi connectivity index (χ2n) is 7.00. The van der Waals surface area contributed by atoms with Gasteiger partial charge in [-0.3, -0.25) is 0 Å². The first-order valence-electron chi connectivity index (χ1n) is 8.43. The minimum atomic E-state index is -1.22. The van der Waals surface area contributed by atoms with Gasteiger partial charge in [0.05, 0.1) is 12.7 Å². The predicted octanol–water partition coefficient (Wildman–Crippen LogP) is 1.69. The molecule has 8 nitrogen and oxygen atoms in total. The summed E-state index contributed by atoms with van der Waals surface area (Å²) in [4.78, 5) is 15.5. The maximum absolute atomic E-state index is 13.7. The zero-order valence-corrected chi connectivity index (χ0v) is 15.4. The van der Waals surface area contributed by atoms with Crippen molar-refractivity contribution in [2.45, 2.75) is 12.0 Å². The zero-order valence-electron chi connectivity index (χ0n) is 15.4. The van der Waals surface area contributed by atoms with Crippen molar-refractivity contribution in [1.29, 1.82) is 0 Å². The molecule has 1 atom stereocenters. The number of hydrogen-bond acceptors (Lipinski definition) is 7. The van der Waals surface area contributed by atoms with Crippen LogP contribution in [0.2, 0.25) is 0 Å². The third kappa shape index (κ3) is 3.74. The van der Waals surface area contributed by atoms with Crippen LogP contribution in [0, 0.1) is 5.82 Å². The van der Waals surface area contributed by atoms with E-state index in [2.05, 4.69) is 5.16 Å². The lowest BCUT2D eigenvalue weighted by molar-refractivity contribution is 0.0365. The van der Waals surface area contributed by atoms with Gasteiger partial charge in [-0.25, -0.2) is 9.18 Å². The number of halogens is 1. The lowest BCUT2D eigenvalue weighted by Crippen LogP contribution is -2.42. The maximum Gasteiger partial charge on any atom is 0.343 e. The summed E-state index contributed by atoms with van der Waals surface area (Å²) in [7, 11) is 5.04. The van der Waals surface area contributed by atoms with E-state index in [0.717, 1.165) is 0 Å². The monoisotopic (exact) mass is 379 g/mol. The predicted molar refractivity (Wildman–Crippen MR) is 95.7 cm³/mol. The van der Waals surface area contributed by atoms with Gasteiger partial charge < -0.3 is 29.3 Å². The standard InChI is InChI=1S/C18H22FN3O5/c1-21(2)9-18(25)6-7-22(10-18)16-14(17(23)24)15(27-20-16)11-4-5-12(19)13(8-11)26-3/h4-5,8,25H,6-7,9-10H2,1-3H3,(H,23,24). The molecular weight excluding hydrogens is 357 g/mol. The summed E-state index contributed by atoms with van der Waals surface area (Å²) in [6.07, 6.45) is 0.483. The average molecular weight is 379 g/mol. The summed E-state index contributed by atoms with van der Waals surface area (Å²) in [6, 6.07) is 3.94. The highest BCUT2D eigenvalue weighted by Gasteiger charge is 2.40. The van der Waals surface area contributed by atoms with Crippen LogP contribution in [0.25, 0.3) is 11.3 Å². The smallest absolute Gasteiger partial charge is 0.343 e. The molecule has 2 N–H and O–H groups in total. The molecule has 2 aromatic rings. The quantitative estimate of drug-likeness (QED) is 0.782. The minimum absolute atomic E-state index is 0.0128. The van der Waals surface area contributed by atoms with E-state index in [9.17, 15) is 19.4 Å². The molecule has 2 heterocycles. The number of nitrogens with zero attached hydrogens (tertiary/aromatic N) is 3. The van der Waals surface area contributed by atoms with Crippen LogP contribution in [0.15, 0.2) is 22.7 Å². The molecule has 1 aromatic carbocycles. The molecule has 0 bridgehead atoms. The first-order valence-corrected chi connectivity index (χ1v) is 8.43. The molecule has 27 heavy (non-hydrogen) atoms. The van der Waals surface area contributed by atoms with Gasteiger partial charge in [0.2, 0.25) is 0 Å². The Morgan fingerprint density at radius 2 is 2.22 bits per heavy atom. The molecular formula is C18H22FN3O5. The molecule has 1 aromatic heterocycles. The molecule has 1 saturated heterocycles. The fourth-order valence-corrected chi connectivity index (χ4v) is 3.44. The van der Waals surface area contributed by atoms with E-state index < -0.39 is 17.4 Å². The Bertz CT molecular complexity index is 854. The minimum Gasteiger partial charge on any atom is -0.494 e. The van der Waals surface area contributed by atoms with Gasteiger partial charge in [-0.2, -0.15) is 0 Å². The normalized spacial score (nSPS) is 19.7. The average Bonchev–Trinajstić information content (AvgIpc) is 3.18. The Morgan fingerprint density at radius 1 is 1.48 bits per heavy atom. The van der Waals surface area contributed by atoms with E-state index >= 15 is 0 Å². The molecule has 0 saturated carbocycles. The van der Waals surface area contributed by atoms with Gasteiger partial charge in [-0.15, -0.1) is 0 Å². The van der Waals surface area contributed by atoms with Crippen LogP contribution in [-0.2, 0) is 0 Å². The summed E-state index contributed by atoms with van der Waals surface area (Å²) in [5.74, 6) is -1.64. The molecule has 1 aliphatic heterocycles. The number of anilines is 1. The highest BCUT2D eigenvalue weighted by molar-refractivity contribution is 5.99. The van der Waals surface area contributed by atoms with Crippen LogP contribution in [0.4, 0.5) is 10.2 Å². The van der Waals surface area contributed by atoms with Crippen molar-refractivity contribution >= 4 is 11.8 Å². The van der Waals surface area contributed by atoms with Gasteiger partial charge in [0, 0.05) is 25.2 Å². The van der Waals surface area contributed by atoms with Crippen molar-refractivity contribution < 1.29 is 28.7 Å². The number of β-amino-alcohol motifs (C(OH)–C–C–N with tert-alkyl or cyclic N) is 1. The van der Waals surface area contributed by atoms with Crippen molar-refractivity contribution in [3.8, 4) is 17.1 Å². The molecule has 9 heteroatoms. The molecule has 1 fully saturated rings. The van der Waals surface area contributed by atoms with Crippen LogP contribution in [0.5, 0.6) is 5.75 Å². The van der Waals surface area contributed by atoms with Crippen molar-refractivity contribution in [3.63, 3.8) is 0 Å². The summed E-state index contributed by atoms with van der Waals surface area (Å²) < 4.78 is 23.9. The second-order valence-corrected chi connectivity index (χ2v) is 7.00. The Morgan fingerprint density at radius 3 is 2.85 bits per heavy atom. The number of carboxylic acids is 1. The maximum atomic E-state index is 13.7. The highest BCUT2D eigenvalue weighted by Crippen LogP contribution is 2.36. The van der Waals surface area contributed by atoms with Gasteiger partial charge in [-0.05, 0) is 38.7 Å². The van der Waals surface area contributed by atoms with Gasteiger partial charge in [0.1, 0.15) is 0 Å². The first kappa shape index (κ1) is 19.1. The molecule has 3 rings (SSSR count). The largest absolute Gasteiger partial charge is 0.494 e. The molecule has 146 valence electrons. The lowest BCUT2D eigenvalue weighted by atomic mass is 10.0. The van der Waals surface area contributed by atoms with E-state index in [1.54, 1.807) is 4.90 Å². The molecule has 0 amide bonds. The Balaban J connectivity index is 1.97. The number of carbonyl (C=O) groups is 1. The van der Waals surface area contributed by atoms with Crippen LogP contribution >= 0.6 is 0 Å². The number of carboxylic acid groups (broad SMARTS) is 1. The number of aromatic nitrogens is 1. The van der Waals surface area contributed by atoms with Crippen LogP contribution in [0.1, 0.15) is 16.8 Å². The molecule has 1 aliphatic rings. The van der Waals surface area contributed by atoms with Crippen LogP contribution < -0.4 is 9.64 Å². The summed E-state index contributed by atoms with van der Waals surface area (Å²) in [5, 5.41) is 24.3. The number of benzene rings is 1. The van der Waals surface area contributed by atoms with E-state index in [4.69, 9.17) is 9.26 Å². The fraction of sp³-hybridized carbons (Fsp3) is 0.444. The Kier molecular flexibility index (Phi) is 5.07. The molecule has 0 aliphatic carbocycles. The highest BCUT2D eigenvalue weighted by atomic mass is 19.1. The van der Waals surface area contributed by atoms with E-state index in [1.807, 2.05) is 19.0 Å². The summed E-state index contributed by atoms with van der Waals surface area (Å²) in [6.45, 7) is 1.14. The zero-order chi connectivity index (χ0) is 19.8. The third-order valence-corrected chi connectivity index (χ3v) is 4.54. The van der Waals surface area contributed by atoms with Gasteiger partial charge in [0.25, 0.3) is 0 Å². The number of likely N-dealkylation sites (N-methyl/N-ethyl adjacent to an activating group) is 1. The van der Waals surface area contributed by atoms with Gasteiger partial charge in [0.15, 0.2) is 28.7 Å². The van der Waals surface area contributed by atoms with Gasteiger partial charge >= 0.3 is 5.97 Å². The molecule has 1 unspecified atom stereocenters. The Labute approximate surface area is 155 Å². The van der Waals surface area contributed by atoms with E-state index in [-0.39, 0.29) is 29.4 Å². The Hall–Kier alpha value is -2.65. The first-order chi connectivity index (χ1) is 12.7. The van der Waals surface area contributed by atoms with Crippen molar-refractivity contribution in [1.82, 2.24) is 10.1 Å².